The highest BCUT2D eigenvalue weighted by Crippen LogP contribution is 2.32. The molecule has 0 bridgehead atoms. The molecule has 0 radical (unpaired) electrons. The average Bonchev–Trinajstić information content (AvgIpc) is 3.43. The molecule has 7 heteroatoms. The summed E-state index contributed by atoms with van der Waals surface area (Å²) in [6, 6.07) is 13.2. The summed E-state index contributed by atoms with van der Waals surface area (Å²) in [6.45, 7) is 5.72. The highest BCUT2D eigenvalue weighted by atomic mass is 16.7. The normalized spacial score (nSPS) is 18.0. The van der Waals surface area contributed by atoms with Crippen molar-refractivity contribution in [3.63, 3.8) is 0 Å². The topological polar surface area (TPSA) is 81.2 Å². The van der Waals surface area contributed by atoms with Crippen molar-refractivity contribution in [2.75, 3.05) is 25.3 Å². The van der Waals surface area contributed by atoms with Gasteiger partial charge in [-0.1, -0.05) is 26.0 Å². The number of anilines is 1. The van der Waals surface area contributed by atoms with E-state index in [-0.39, 0.29) is 18.8 Å². The van der Waals surface area contributed by atoms with Crippen LogP contribution in [0.1, 0.15) is 48.5 Å². The Bertz CT molecular complexity index is 936. The minimum absolute atomic E-state index is 0.0891. The highest BCUT2D eigenvalue weighted by Gasteiger charge is 2.19. The van der Waals surface area contributed by atoms with Crippen molar-refractivity contribution in [2.45, 2.75) is 38.7 Å². The Labute approximate surface area is 176 Å². The quantitative estimate of drug-likeness (QED) is 0.578. The molecule has 30 heavy (non-hydrogen) atoms. The van der Waals surface area contributed by atoms with E-state index in [0.29, 0.717) is 35.5 Å². The van der Waals surface area contributed by atoms with Crippen LogP contribution in [0, 0.1) is 0 Å². The minimum atomic E-state index is -0.271. The van der Waals surface area contributed by atoms with Crippen LogP contribution in [0.4, 0.5) is 5.69 Å². The first-order valence-corrected chi connectivity index (χ1v) is 10.3. The number of carbonyl (C=O) groups excluding carboxylic acids is 1. The Balaban J connectivity index is 1.51. The number of rotatable bonds is 5. The highest BCUT2D eigenvalue weighted by molar-refractivity contribution is 6.10. The first-order valence-electron chi connectivity index (χ1n) is 10.3. The number of hydrogen-bond acceptors (Lipinski definition) is 5. The number of ether oxygens (including phenoxy) is 3. The third-order valence-electron chi connectivity index (χ3n) is 5.16. The maximum atomic E-state index is 12.9. The Kier molecular flexibility index (Phi) is 6.18. The summed E-state index contributed by atoms with van der Waals surface area (Å²) in [6.07, 6.45) is 2.12. The molecule has 158 valence electrons. The van der Waals surface area contributed by atoms with Crippen LogP contribution in [-0.2, 0) is 4.74 Å². The molecule has 0 saturated carbocycles. The molecule has 4 rings (SSSR count). The third-order valence-corrected chi connectivity index (χ3v) is 5.16. The number of amides is 1. The van der Waals surface area contributed by atoms with Crippen molar-refractivity contribution in [2.24, 2.45) is 4.99 Å². The van der Waals surface area contributed by atoms with E-state index < -0.39 is 0 Å². The van der Waals surface area contributed by atoms with Gasteiger partial charge in [0.25, 0.3) is 5.91 Å². The number of hydrogen-bond donors (Lipinski definition) is 2. The SMILES string of the molecule is CC(C)c1cccc(NC(=NC[C@@H]2CCCO2)NC(=O)c2ccc3c(c2)OCO3)c1. The van der Waals surface area contributed by atoms with Gasteiger partial charge in [0.2, 0.25) is 12.8 Å². The number of fused-ring (bicyclic) bond motifs is 1. The van der Waals surface area contributed by atoms with Crippen LogP contribution in [0.3, 0.4) is 0 Å². The molecule has 1 amide bonds. The molecule has 7 nitrogen and oxygen atoms in total. The number of guanidine groups is 1. The summed E-state index contributed by atoms with van der Waals surface area (Å²) in [7, 11) is 0. The molecule has 1 fully saturated rings. The first-order chi connectivity index (χ1) is 14.6. The molecule has 0 aliphatic carbocycles. The fourth-order valence-electron chi connectivity index (χ4n) is 3.42. The fourth-order valence-corrected chi connectivity index (χ4v) is 3.42. The Morgan fingerprint density at radius 1 is 1.17 bits per heavy atom. The van der Waals surface area contributed by atoms with Crippen molar-refractivity contribution in [1.82, 2.24) is 5.32 Å². The van der Waals surface area contributed by atoms with E-state index in [4.69, 9.17) is 14.2 Å². The van der Waals surface area contributed by atoms with Gasteiger partial charge in [-0.05, 0) is 54.7 Å². The van der Waals surface area contributed by atoms with E-state index in [9.17, 15) is 4.79 Å². The van der Waals surface area contributed by atoms with Crippen LogP contribution in [0.15, 0.2) is 47.5 Å². The van der Waals surface area contributed by atoms with Crippen LogP contribution in [0.5, 0.6) is 11.5 Å². The summed E-state index contributed by atoms with van der Waals surface area (Å²) in [5, 5.41) is 6.15. The lowest BCUT2D eigenvalue weighted by molar-refractivity contribution is 0.0975. The van der Waals surface area contributed by atoms with Gasteiger partial charge in [0.1, 0.15) is 0 Å². The van der Waals surface area contributed by atoms with Gasteiger partial charge in [-0.2, -0.15) is 0 Å². The van der Waals surface area contributed by atoms with Gasteiger partial charge < -0.3 is 19.5 Å². The lowest BCUT2D eigenvalue weighted by Gasteiger charge is -2.15. The predicted molar refractivity (Wildman–Crippen MR) is 115 cm³/mol. The van der Waals surface area contributed by atoms with Crippen LogP contribution in [0.25, 0.3) is 0 Å². The van der Waals surface area contributed by atoms with Gasteiger partial charge in [0.15, 0.2) is 11.5 Å². The van der Waals surface area contributed by atoms with Gasteiger partial charge >= 0.3 is 0 Å². The van der Waals surface area contributed by atoms with Gasteiger partial charge in [-0.25, -0.2) is 4.99 Å². The van der Waals surface area contributed by atoms with Crippen molar-refractivity contribution >= 4 is 17.6 Å². The number of benzene rings is 2. The minimum Gasteiger partial charge on any atom is -0.454 e. The molecule has 2 aromatic rings. The maximum Gasteiger partial charge on any atom is 0.258 e. The summed E-state index contributed by atoms with van der Waals surface area (Å²) >= 11 is 0. The van der Waals surface area contributed by atoms with Crippen molar-refractivity contribution in [3.05, 3.63) is 53.6 Å². The molecule has 0 unspecified atom stereocenters. The van der Waals surface area contributed by atoms with E-state index in [1.807, 2.05) is 12.1 Å². The summed E-state index contributed by atoms with van der Waals surface area (Å²) < 4.78 is 16.4. The van der Waals surface area contributed by atoms with Gasteiger partial charge in [-0.3, -0.25) is 10.1 Å². The average molecular weight is 409 g/mol. The zero-order valence-corrected chi connectivity index (χ0v) is 17.3. The van der Waals surface area contributed by atoms with E-state index >= 15 is 0 Å². The molecular formula is C23H27N3O4. The second-order valence-electron chi connectivity index (χ2n) is 7.75. The van der Waals surface area contributed by atoms with Crippen LogP contribution in [-0.4, -0.2) is 37.9 Å². The Hall–Kier alpha value is -3.06. The molecular weight excluding hydrogens is 382 g/mol. The third kappa shape index (κ3) is 4.91. The molecule has 2 aromatic carbocycles. The molecule has 2 aliphatic heterocycles. The number of aliphatic imine (C=N–C) groups is 1. The molecule has 2 N–H and O–H groups in total. The van der Waals surface area contributed by atoms with E-state index in [2.05, 4.69) is 41.6 Å². The predicted octanol–water partition coefficient (Wildman–Crippen LogP) is 3.92. The number of nitrogens with zero attached hydrogens (tertiary/aromatic N) is 1. The maximum absolute atomic E-state index is 12.9. The number of nitrogens with one attached hydrogen (secondary N) is 2. The second kappa shape index (κ2) is 9.17. The zero-order chi connectivity index (χ0) is 20.9. The number of carbonyl (C=O) groups is 1. The molecule has 2 aliphatic rings. The lowest BCUT2D eigenvalue weighted by Crippen LogP contribution is -2.36. The van der Waals surface area contributed by atoms with Crippen LogP contribution >= 0.6 is 0 Å². The van der Waals surface area contributed by atoms with E-state index in [1.54, 1.807) is 18.2 Å². The molecule has 1 atom stereocenters. The van der Waals surface area contributed by atoms with E-state index in [1.165, 1.54) is 5.56 Å². The molecule has 2 heterocycles. The van der Waals surface area contributed by atoms with Crippen molar-refractivity contribution < 1.29 is 19.0 Å². The lowest BCUT2D eigenvalue weighted by atomic mass is 10.0. The molecule has 1 saturated heterocycles. The summed E-state index contributed by atoms with van der Waals surface area (Å²) in [5.41, 5.74) is 2.56. The zero-order valence-electron chi connectivity index (χ0n) is 17.3. The van der Waals surface area contributed by atoms with Crippen LogP contribution in [0.2, 0.25) is 0 Å². The van der Waals surface area contributed by atoms with Crippen molar-refractivity contribution in [3.8, 4) is 11.5 Å². The first kappa shape index (κ1) is 20.2. The smallest absolute Gasteiger partial charge is 0.258 e. The van der Waals surface area contributed by atoms with Crippen molar-refractivity contribution in [1.29, 1.82) is 0 Å². The monoisotopic (exact) mass is 409 g/mol. The molecule has 0 spiro atoms. The Morgan fingerprint density at radius 3 is 2.83 bits per heavy atom. The second-order valence-corrected chi connectivity index (χ2v) is 7.75. The van der Waals surface area contributed by atoms with Crippen LogP contribution < -0.4 is 20.1 Å². The fraction of sp³-hybridized carbons (Fsp3) is 0.391. The van der Waals surface area contributed by atoms with Gasteiger partial charge in [0.05, 0.1) is 12.6 Å². The molecule has 0 aromatic heterocycles. The van der Waals surface area contributed by atoms with Gasteiger partial charge in [0, 0.05) is 17.9 Å². The largest absolute Gasteiger partial charge is 0.454 e. The summed E-state index contributed by atoms with van der Waals surface area (Å²) in [5.74, 6) is 1.74. The van der Waals surface area contributed by atoms with Gasteiger partial charge in [-0.15, -0.1) is 0 Å². The van der Waals surface area contributed by atoms with E-state index in [0.717, 1.165) is 25.1 Å². The standard InChI is InChI=1S/C23H27N3O4/c1-15(2)16-5-3-6-18(11-16)25-23(24-13-19-7-4-10-28-19)26-22(27)17-8-9-20-21(12-17)30-14-29-20/h3,5-6,8-9,11-12,15,19H,4,7,10,13-14H2,1-2H3,(H2,24,25,26,27)/t19-/m0/s1. The Morgan fingerprint density at radius 2 is 2.03 bits per heavy atom. The summed E-state index contributed by atoms with van der Waals surface area (Å²) in [4.78, 5) is 17.5.